The van der Waals surface area contributed by atoms with Crippen LogP contribution in [0.25, 0.3) is 0 Å². The first-order valence-corrected chi connectivity index (χ1v) is 8.18. The molecule has 0 radical (unpaired) electrons. The Labute approximate surface area is 121 Å². The van der Waals surface area contributed by atoms with Crippen LogP contribution < -0.4 is 11.5 Å². The molecule has 1 heterocycles. The molecule has 0 aromatic carbocycles. The van der Waals surface area contributed by atoms with Gasteiger partial charge in [-0.05, 0) is 25.7 Å². The van der Waals surface area contributed by atoms with E-state index in [0.29, 0.717) is 18.8 Å². The molecular formula is C15H28N2O3. The van der Waals surface area contributed by atoms with Crippen molar-refractivity contribution in [3.8, 4) is 0 Å². The van der Waals surface area contributed by atoms with E-state index in [2.05, 4.69) is 0 Å². The van der Waals surface area contributed by atoms with Crippen LogP contribution in [-0.4, -0.2) is 43.3 Å². The first kappa shape index (κ1) is 14.7. The number of hydrogen-bond acceptors (Lipinski definition) is 5. The van der Waals surface area contributed by atoms with Gasteiger partial charge in [0, 0.05) is 6.04 Å². The van der Waals surface area contributed by atoms with Crippen LogP contribution >= 0.6 is 0 Å². The Hall–Kier alpha value is -0.200. The number of nitrogens with two attached hydrogens (primary N) is 2. The summed E-state index contributed by atoms with van der Waals surface area (Å²) in [5, 5.41) is 0. The van der Waals surface area contributed by atoms with Gasteiger partial charge in [-0.3, -0.25) is 0 Å². The third kappa shape index (κ3) is 3.34. The van der Waals surface area contributed by atoms with Gasteiger partial charge in [-0.2, -0.15) is 0 Å². The van der Waals surface area contributed by atoms with E-state index in [9.17, 15) is 0 Å². The molecule has 0 bridgehead atoms. The zero-order valence-corrected chi connectivity index (χ0v) is 12.2. The van der Waals surface area contributed by atoms with Crippen LogP contribution in [0.2, 0.25) is 0 Å². The average Bonchev–Trinajstić information content (AvgIpc) is 3.11. The lowest BCUT2D eigenvalue weighted by Crippen LogP contribution is -2.62. The molecule has 5 nitrogen and oxygen atoms in total. The summed E-state index contributed by atoms with van der Waals surface area (Å²) in [7, 11) is 0. The fraction of sp³-hybridized carbons (Fsp3) is 1.00. The van der Waals surface area contributed by atoms with Crippen molar-refractivity contribution in [3.63, 3.8) is 0 Å². The summed E-state index contributed by atoms with van der Waals surface area (Å²) in [5.74, 6) is 0. The largest absolute Gasteiger partial charge is 0.368 e. The topological polar surface area (TPSA) is 79.7 Å². The number of ether oxygens (including phenoxy) is 3. The molecule has 3 rings (SSSR count). The fourth-order valence-electron chi connectivity index (χ4n) is 3.57. The molecule has 0 aromatic heterocycles. The van der Waals surface area contributed by atoms with Crippen molar-refractivity contribution in [2.75, 3.05) is 6.61 Å². The molecule has 20 heavy (non-hydrogen) atoms. The minimum atomic E-state index is -0.339. The van der Waals surface area contributed by atoms with Gasteiger partial charge in [-0.25, -0.2) is 0 Å². The Kier molecular flexibility index (Phi) is 4.94. The Bertz CT molecular complexity index is 303. The van der Waals surface area contributed by atoms with E-state index in [4.69, 9.17) is 25.7 Å². The molecule has 2 aliphatic carbocycles. The third-order valence-electron chi connectivity index (χ3n) is 4.88. The fourth-order valence-corrected chi connectivity index (χ4v) is 3.57. The lowest BCUT2D eigenvalue weighted by atomic mass is 10.0. The molecule has 4 atom stereocenters. The summed E-state index contributed by atoms with van der Waals surface area (Å²) in [6.07, 6.45) is 9.51. The summed E-state index contributed by atoms with van der Waals surface area (Å²) in [6, 6.07) is -0.361. The van der Waals surface area contributed by atoms with Crippen LogP contribution in [-0.2, 0) is 14.2 Å². The Morgan fingerprint density at radius 2 is 1.35 bits per heavy atom. The standard InChI is InChI=1S/C15H28N2O3/c16-12-9-18-15(20-11-7-3-4-8-11)14(13(12)17)19-10-5-1-2-6-10/h10-15H,1-9,16-17H2/t12-,13+,14-,15-/m1/s1. The summed E-state index contributed by atoms with van der Waals surface area (Å²) >= 11 is 0. The summed E-state index contributed by atoms with van der Waals surface area (Å²) in [4.78, 5) is 0. The van der Waals surface area contributed by atoms with E-state index in [1.165, 1.54) is 25.7 Å². The summed E-state index contributed by atoms with van der Waals surface area (Å²) < 4.78 is 18.1. The SMILES string of the molecule is N[C@@H]1[C@@H](OC2CCCC2)[C@@H](OC2CCCC2)OC[C@H]1N. The molecule has 3 aliphatic rings. The lowest BCUT2D eigenvalue weighted by molar-refractivity contribution is -0.260. The van der Waals surface area contributed by atoms with Gasteiger partial charge in [0.15, 0.2) is 6.29 Å². The van der Waals surface area contributed by atoms with Crippen molar-refractivity contribution in [2.45, 2.75) is 88.1 Å². The van der Waals surface area contributed by atoms with Crippen LogP contribution in [0.4, 0.5) is 0 Å². The first-order valence-electron chi connectivity index (χ1n) is 8.18. The number of hydrogen-bond donors (Lipinski definition) is 2. The number of rotatable bonds is 4. The van der Waals surface area contributed by atoms with Crippen molar-refractivity contribution in [1.29, 1.82) is 0 Å². The van der Waals surface area contributed by atoms with E-state index < -0.39 is 0 Å². The predicted molar refractivity (Wildman–Crippen MR) is 76.2 cm³/mol. The molecule has 2 saturated carbocycles. The van der Waals surface area contributed by atoms with E-state index in [1.807, 2.05) is 0 Å². The molecule has 0 amide bonds. The van der Waals surface area contributed by atoms with Crippen molar-refractivity contribution < 1.29 is 14.2 Å². The van der Waals surface area contributed by atoms with Crippen molar-refractivity contribution >= 4 is 0 Å². The van der Waals surface area contributed by atoms with Crippen molar-refractivity contribution in [3.05, 3.63) is 0 Å². The molecule has 0 unspecified atom stereocenters. The quantitative estimate of drug-likeness (QED) is 0.813. The predicted octanol–water partition coefficient (Wildman–Crippen LogP) is 1.28. The highest BCUT2D eigenvalue weighted by Crippen LogP contribution is 2.29. The zero-order valence-electron chi connectivity index (χ0n) is 12.2. The lowest BCUT2D eigenvalue weighted by Gasteiger charge is -2.41. The second kappa shape index (κ2) is 6.71. The van der Waals surface area contributed by atoms with Gasteiger partial charge in [0.25, 0.3) is 0 Å². The maximum Gasteiger partial charge on any atom is 0.185 e. The van der Waals surface area contributed by atoms with E-state index in [-0.39, 0.29) is 24.5 Å². The smallest absolute Gasteiger partial charge is 0.185 e. The van der Waals surface area contributed by atoms with Gasteiger partial charge >= 0.3 is 0 Å². The molecule has 4 N–H and O–H groups in total. The Morgan fingerprint density at radius 1 is 0.800 bits per heavy atom. The van der Waals surface area contributed by atoms with Crippen molar-refractivity contribution in [1.82, 2.24) is 0 Å². The minimum Gasteiger partial charge on any atom is -0.368 e. The maximum atomic E-state index is 6.26. The molecular weight excluding hydrogens is 256 g/mol. The van der Waals surface area contributed by atoms with Crippen LogP contribution in [0, 0.1) is 0 Å². The van der Waals surface area contributed by atoms with Gasteiger partial charge in [0.1, 0.15) is 6.10 Å². The molecule has 3 fully saturated rings. The highest BCUT2D eigenvalue weighted by Gasteiger charge is 2.41. The molecule has 0 aromatic rings. The minimum absolute atomic E-state index is 0.162. The van der Waals surface area contributed by atoms with E-state index in [0.717, 1.165) is 25.7 Å². The molecule has 0 spiro atoms. The maximum absolute atomic E-state index is 6.26. The van der Waals surface area contributed by atoms with E-state index in [1.54, 1.807) is 0 Å². The Morgan fingerprint density at radius 3 is 1.95 bits per heavy atom. The highest BCUT2D eigenvalue weighted by atomic mass is 16.7. The van der Waals surface area contributed by atoms with Gasteiger partial charge in [-0.15, -0.1) is 0 Å². The van der Waals surface area contributed by atoms with Gasteiger partial charge in [-0.1, -0.05) is 25.7 Å². The first-order chi connectivity index (χ1) is 9.74. The van der Waals surface area contributed by atoms with Crippen LogP contribution in [0.15, 0.2) is 0 Å². The highest BCUT2D eigenvalue weighted by molar-refractivity contribution is 4.91. The van der Waals surface area contributed by atoms with Gasteiger partial charge in [0.05, 0.1) is 24.9 Å². The summed E-state index contributed by atoms with van der Waals surface area (Å²) in [5.41, 5.74) is 12.3. The average molecular weight is 284 g/mol. The van der Waals surface area contributed by atoms with Gasteiger partial charge in [0.2, 0.25) is 0 Å². The van der Waals surface area contributed by atoms with Crippen LogP contribution in [0.5, 0.6) is 0 Å². The second-order valence-corrected chi connectivity index (χ2v) is 6.49. The van der Waals surface area contributed by atoms with Gasteiger partial charge < -0.3 is 25.7 Å². The second-order valence-electron chi connectivity index (χ2n) is 6.49. The molecule has 116 valence electrons. The van der Waals surface area contributed by atoms with Crippen molar-refractivity contribution in [2.24, 2.45) is 11.5 Å². The molecule has 5 heteroatoms. The van der Waals surface area contributed by atoms with Crippen LogP contribution in [0.3, 0.4) is 0 Å². The normalized spacial score (nSPS) is 40.5. The summed E-state index contributed by atoms with van der Waals surface area (Å²) in [6.45, 7) is 0.461. The third-order valence-corrected chi connectivity index (χ3v) is 4.88. The monoisotopic (exact) mass is 284 g/mol. The molecule has 1 aliphatic heterocycles. The zero-order chi connectivity index (χ0) is 13.9. The Balaban J connectivity index is 1.61. The van der Waals surface area contributed by atoms with Crippen LogP contribution in [0.1, 0.15) is 51.4 Å². The van der Waals surface area contributed by atoms with E-state index >= 15 is 0 Å². The molecule has 1 saturated heterocycles.